The summed E-state index contributed by atoms with van der Waals surface area (Å²) in [5, 5.41) is 7.40. The van der Waals surface area contributed by atoms with Crippen LogP contribution in [0.15, 0.2) is 29.0 Å². The van der Waals surface area contributed by atoms with Gasteiger partial charge in [0.25, 0.3) is 0 Å². The van der Waals surface area contributed by atoms with Crippen LogP contribution in [0.3, 0.4) is 0 Å². The second-order valence-corrected chi connectivity index (χ2v) is 4.73. The van der Waals surface area contributed by atoms with E-state index in [0.717, 1.165) is 29.0 Å². The minimum absolute atomic E-state index is 0.838. The first kappa shape index (κ1) is 12.3. The maximum Gasteiger partial charge on any atom is 0.153 e. The van der Waals surface area contributed by atoms with Gasteiger partial charge in [0.05, 0.1) is 10.7 Å². The monoisotopic (exact) mass is 294 g/mol. The van der Waals surface area contributed by atoms with Gasteiger partial charge in [-0.25, -0.2) is 9.67 Å². The molecule has 0 atom stereocenters. The molecule has 2 rings (SSSR count). The van der Waals surface area contributed by atoms with Crippen LogP contribution in [-0.4, -0.2) is 21.8 Å². The molecule has 0 aliphatic rings. The van der Waals surface area contributed by atoms with Crippen molar-refractivity contribution in [2.45, 2.75) is 19.9 Å². The normalized spacial score (nSPS) is 10.8. The molecule has 0 saturated heterocycles. The van der Waals surface area contributed by atoms with Crippen LogP contribution in [0, 0.1) is 0 Å². The Balaban J connectivity index is 2.42. The van der Waals surface area contributed by atoms with E-state index in [1.807, 2.05) is 13.2 Å². The number of aromatic nitrogens is 3. The molecule has 0 bridgehead atoms. The molecule has 5 heteroatoms. The zero-order valence-electron chi connectivity index (χ0n) is 9.94. The van der Waals surface area contributed by atoms with Crippen LogP contribution in [0.25, 0.3) is 5.82 Å². The molecule has 0 aliphatic carbocycles. The van der Waals surface area contributed by atoms with Crippen molar-refractivity contribution >= 4 is 15.9 Å². The van der Waals surface area contributed by atoms with Crippen molar-refractivity contribution in [3.8, 4) is 5.82 Å². The third kappa shape index (κ3) is 2.92. The van der Waals surface area contributed by atoms with Crippen molar-refractivity contribution in [2.24, 2.45) is 0 Å². The number of nitrogens with one attached hydrogen (secondary N) is 1. The van der Waals surface area contributed by atoms with Crippen LogP contribution >= 0.6 is 15.9 Å². The molecule has 0 aromatic carbocycles. The summed E-state index contributed by atoms with van der Waals surface area (Å²) in [5.74, 6) is 0.861. The lowest BCUT2D eigenvalue weighted by Gasteiger charge is -2.07. The van der Waals surface area contributed by atoms with Gasteiger partial charge in [0.15, 0.2) is 5.82 Å². The smallest absolute Gasteiger partial charge is 0.153 e. The van der Waals surface area contributed by atoms with Gasteiger partial charge in [0.2, 0.25) is 0 Å². The Morgan fingerprint density at radius 1 is 1.41 bits per heavy atom. The lowest BCUT2D eigenvalue weighted by molar-refractivity contribution is 0.791. The van der Waals surface area contributed by atoms with Gasteiger partial charge in [-0.1, -0.05) is 6.92 Å². The zero-order chi connectivity index (χ0) is 12.3. The SMILES string of the molecule is CCc1cc(CNC)cc(-n2cc(Br)cn2)n1. The highest BCUT2D eigenvalue weighted by Crippen LogP contribution is 2.14. The molecule has 0 aliphatic heterocycles. The molecule has 0 fully saturated rings. The average Bonchev–Trinajstić information content (AvgIpc) is 2.76. The Labute approximate surface area is 109 Å². The van der Waals surface area contributed by atoms with Gasteiger partial charge in [-0.2, -0.15) is 5.10 Å². The molecule has 0 saturated carbocycles. The number of aryl methyl sites for hydroxylation is 1. The molecule has 2 heterocycles. The largest absolute Gasteiger partial charge is 0.316 e. The van der Waals surface area contributed by atoms with Gasteiger partial charge < -0.3 is 5.32 Å². The lowest BCUT2D eigenvalue weighted by Crippen LogP contribution is -2.08. The van der Waals surface area contributed by atoms with Gasteiger partial charge in [-0.15, -0.1) is 0 Å². The fourth-order valence-corrected chi connectivity index (χ4v) is 1.95. The van der Waals surface area contributed by atoms with Crippen LogP contribution in [0.4, 0.5) is 0 Å². The highest BCUT2D eigenvalue weighted by Gasteiger charge is 2.04. The van der Waals surface area contributed by atoms with Crippen molar-refractivity contribution in [3.05, 3.63) is 40.3 Å². The molecule has 0 unspecified atom stereocenters. The topological polar surface area (TPSA) is 42.7 Å². The molecule has 0 amide bonds. The summed E-state index contributed by atoms with van der Waals surface area (Å²) in [5.41, 5.74) is 2.31. The molecule has 90 valence electrons. The molecular formula is C12H15BrN4. The molecule has 17 heavy (non-hydrogen) atoms. The van der Waals surface area contributed by atoms with Crippen LogP contribution in [0.1, 0.15) is 18.2 Å². The molecule has 4 nitrogen and oxygen atoms in total. The fourth-order valence-electron chi connectivity index (χ4n) is 1.66. The molecule has 1 N–H and O–H groups in total. The Hall–Kier alpha value is -1.20. The van der Waals surface area contributed by atoms with E-state index in [9.17, 15) is 0 Å². The predicted octanol–water partition coefficient (Wildman–Crippen LogP) is 2.31. The van der Waals surface area contributed by atoms with E-state index in [1.165, 1.54) is 5.56 Å². The summed E-state index contributed by atoms with van der Waals surface area (Å²) in [7, 11) is 1.94. The quantitative estimate of drug-likeness (QED) is 0.941. The number of hydrogen-bond acceptors (Lipinski definition) is 3. The van der Waals surface area contributed by atoms with E-state index >= 15 is 0 Å². The van der Waals surface area contributed by atoms with Crippen molar-refractivity contribution in [2.75, 3.05) is 7.05 Å². The lowest BCUT2D eigenvalue weighted by atomic mass is 10.2. The Bertz CT molecular complexity index is 507. The number of rotatable bonds is 4. The maximum atomic E-state index is 4.57. The third-order valence-corrected chi connectivity index (χ3v) is 2.86. The van der Waals surface area contributed by atoms with Crippen molar-refractivity contribution in [1.29, 1.82) is 0 Å². The number of halogens is 1. The van der Waals surface area contributed by atoms with Crippen LogP contribution in [0.5, 0.6) is 0 Å². The summed E-state index contributed by atoms with van der Waals surface area (Å²) in [6, 6.07) is 4.17. The number of hydrogen-bond donors (Lipinski definition) is 1. The molecule has 2 aromatic heterocycles. The van der Waals surface area contributed by atoms with E-state index in [0.29, 0.717) is 0 Å². The number of pyridine rings is 1. The van der Waals surface area contributed by atoms with E-state index in [1.54, 1.807) is 10.9 Å². The summed E-state index contributed by atoms with van der Waals surface area (Å²) in [4.78, 5) is 4.57. The maximum absolute atomic E-state index is 4.57. The fraction of sp³-hybridized carbons (Fsp3) is 0.333. The number of nitrogens with zero attached hydrogens (tertiary/aromatic N) is 3. The second-order valence-electron chi connectivity index (χ2n) is 3.81. The Morgan fingerprint density at radius 3 is 2.82 bits per heavy atom. The van der Waals surface area contributed by atoms with E-state index in [-0.39, 0.29) is 0 Å². The van der Waals surface area contributed by atoms with Crippen LogP contribution < -0.4 is 5.32 Å². The summed E-state index contributed by atoms with van der Waals surface area (Å²) in [6.07, 6.45) is 4.59. The summed E-state index contributed by atoms with van der Waals surface area (Å²) in [6.45, 7) is 2.94. The first-order valence-corrected chi connectivity index (χ1v) is 6.37. The van der Waals surface area contributed by atoms with Crippen molar-refractivity contribution in [1.82, 2.24) is 20.1 Å². The second kappa shape index (κ2) is 5.42. The minimum Gasteiger partial charge on any atom is -0.316 e. The van der Waals surface area contributed by atoms with E-state index < -0.39 is 0 Å². The predicted molar refractivity (Wildman–Crippen MR) is 71.2 cm³/mol. The highest BCUT2D eigenvalue weighted by atomic mass is 79.9. The molecule has 2 aromatic rings. The highest BCUT2D eigenvalue weighted by molar-refractivity contribution is 9.10. The van der Waals surface area contributed by atoms with Crippen LogP contribution in [0.2, 0.25) is 0 Å². The third-order valence-electron chi connectivity index (χ3n) is 2.45. The Kier molecular flexibility index (Phi) is 3.91. The standard InChI is InChI=1S/C12H15BrN4/c1-3-11-4-9(6-14-2)5-12(16-11)17-8-10(13)7-15-17/h4-5,7-8,14H,3,6H2,1-2H3. The zero-order valence-corrected chi connectivity index (χ0v) is 11.5. The first-order valence-electron chi connectivity index (χ1n) is 5.58. The van der Waals surface area contributed by atoms with Crippen molar-refractivity contribution < 1.29 is 0 Å². The Morgan fingerprint density at radius 2 is 2.24 bits per heavy atom. The average molecular weight is 295 g/mol. The van der Waals surface area contributed by atoms with Crippen molar-refractivity contribution in [3.63, 3.8) is 0 Å². The van der Waals surface area contributed by atoms with E-state index in [2.05, 4.69) is 50.4 Å². The van der Waals surface area contributed by atoms with Gasteiger partial charge in [-0.05, 0) is 47.1 Å². The minimum atomic E-state index is 0.838. The molecule has 0 radical (unpaired) electrons. The molecular weight excluding hydrogens is 280 g/mol. The van der Waals surface area contributed by atoms with Gasteiger partial charge >= 0.3 is 0 Å². The summed E-state index contributed by atoms with van der Waals surface area (Å²) < 4.78 is 2.74. The first-order chi connectivity index (χ1) is 8.22. The van der Waals surface area contributed by atoms with Gasteiger partial charge in [-0.3, -0.25) is 0 Å². The summed E-state index contributed by atoms with van der Waals surface area (Å²) >= 11 is 3.39. The van der Waals surface area contributed by atoms with Crippen LogP contribution in [-0.2, 0) is 13.0 Å². The molecule has 0 spiro atoms. The van der Waals surface area contributed by atoms with E-state index in [4.69, 9.17) is 0 Å². The van der Waals surface area contributed by atoms with Gasteiger partial charge in [0, 0.05) is 18.4 Å². The van der Waals surface area contributed by atoms with Gasteiger partial charge in [0.1, 0.15) is 0 Å².